The first-order valence-electron chi connectivity index (χ1n) is 5.72. The van der Waals surface area contributed by atoms with Crippen molar-refractivity contribution in [2.45, 2.75) is 30.6 Å². The summed E-state index contributed by atoms with van der Waals surface area (Å²) in [4.78, 5) is 0. The molecule has 0 aromatic heterocycles. The minimum absolute atomic E-state index is 0.193. The van der Waals surface area contributed by atoms with Crippen LogP contribution in [-0.4, -0.2) is 22.7 Å². The Morgan fingerprint density at radius 2 is 2.29 bits per heavy atom. The maximum Gasteiger partial charge on any atom is 0.165 e. The van der Waals surface area contributed by atoms with Crippen LogP contribution in [0.1, 0.15) is 31.4 Å². The molecule has 4 heteroatoms. The molecule has 1 aliphatic rings. The lowest BCUT2D eigenvalue weighted by molar-refractivity contribution is 0.134. The number of hydrogen-bond donors (Lipinski definition) is 1. The van der Waals surface area contributed by atoms with Gasteiger partial charge in [0.1, 0.15) is 0 Å². The maximum absolute atomic E-state index is 13.6. The summed E-state index contributed by atoms with van der Waals surface area (Å²) >= 11 is 1.76. The van der Waals surface area contributed by atoms with Gasteiger partial charge in [0.05, 0.1) is 13.2 Å². The third-order valence-corrected chi connectivity index (χ3v) is 4.90. The van der Waals surface area contributed by atoms with Crippen LogP contribution in [0.2, 0.25) is 0 Å². The highest BCUT2D eigenvalue weighted by atomic mass is 32.2. The second kappa shape index (κ2) is 4.86. The van der Waals surface area contributed by atoms with E-state index in [4.69, 9.17) is 4.74 Å². The van der Waals surface area contributed by atoms with E-state index in [1.807, 2.05) is 6.92 Å². The van der Waals surface area contributed by atoms with E-state index in [1.54, 1.807) is 23.9 Å². The highest BCUT2D eigenvalue weighted by Crippen LogP contribution is 2.46. The standard InChI is InChI=1S/C13H17FO2S/c1-13(6-3-7-17-13)12(15)9-4-5-11(16-2)10(14)8-9/h4-5,8,12,15H,3,6-7H2,1-2H3. The fourth-order valence-electron chi connectivity index (χ4n) is 2.22. The van der Waals surface area contributed by atoms with Crippen molar-refractivity contribution < 1.29 is 14.2 Å². The van der Waals surface area contributed by atoms with Crippen molar-refractivity contribution in [3.05, 3.63) is 29.6 Å². The second-order valence-corrected chi connectivity index (χ2v) is 6.19. The van der Waals surface area contributed by atoms with Gasteiger partial charge in [0.15, 0.2) is 11.6 Å². The molecule has 94 valence electrons. The average Bonchev–Trinajstić information content (AvgIpc) is 2.76. The molecule has 1 aromatic carbocycles. The average molecular weight is 256 g/mol. The number of methoxy groups -OCH3 is 1. The Balaban J connectivity index is 2.25. The summed E-state index contributed by atoms with van der Waals surface area (Å²) in [6, 6.07) is 4.67. The molecule has 1 N–H and O–H groups in total. The Morgan fingerprint density at radius 1 is 1.53 bits per heavy atom. The van der Waals surface area contributed by atoms with Crippen molar-refractivity contribution >= 4 is 11.8 Å². The van der Waals surface area contributed by atoms with E-state index in [1.165, 1.54) is 13.2 Å². The predicted molar refractivity (Wildman–Crippen MR) is 68.0 cm³/mol. The lowest BCUT2D eigenvalue weighted by Gasteiger charge is -2.29. The van der Waals surface area contributed by atoms with E-state index in [-0.39, 0.29) is 10.5 Å². The topological polar surface area (TPSA) is 29.5 Å². The number of benzene rings is 1. The number of hydrogen-bond acceptors (Lipinski definition) is 3. The molecule has 0 aliphatic carbocycles. The first kappa shape index (κ1) is 12.7. The number of aliphatic hydroxyl groups excluding tert-OH is 1. The molecule has 2 unspecified atom stereocenters. The van der Waals surface area contributed by atoms with Crippen LogP contribution in [0.3, 0.4) is 0 Å². The van der Waals surface area contributed by atoms with Gasteiger partial charge in [0, 0.05) is 4.75 Å². The molecule has 2 rings (SSSR count). The molecule has 0 amide bonds. The normalized spacial score (nSPS) is 25.9. The quantitative estimate of drug-likeness (QED) is 0.901. The molecule has 0 radical (unpaired) electrons. The third-order valence-electron chi connectivity index (χ3n) is 3.32. The summed E-state index contributed by atoms with van der Waals surface area (Å²) < 4.78 is 18.3. The molecule has 1 aliphatic heterocycles. The van der Waals surface area contributed by atoms with Gasteiger partial charge in [0.2, 0.25) is 0 Å². The Labute approximate surface area is 105 Å². The minimum atomic E-state index is -0.629. The van der Waals surface area contributed by atoms with E-state index in [0.29, 0.717) is 5.56 Å². The molecular weight excluding hydrogens is 239 g/mol. The van der Waals surface area contributed by atoms with Gasteiger partial charge in [-0.15, -0.1) is 0 Å². The Morgan fingerprint density at radius 3 is 2.82 bits per heavy atom. The summed E-state index contributed by atoms with van der Waals surface area (Å²) in [6.45, 7) is 2.04. The van der Waals surface area contributed by atoms with Crippen LogP contribution in [0.5, 0.6) is 5.75 Å². The third kappa shape index (κ3) is 2.43. The fourth-order valence-corrected chi connectivity index (χ4v) is 3.56. The zero-order chi connectivity index (χ0) is 12.5. The maximum atomic E-state index is 13.6. The van der Waals surface area contributed by atoms with Crippen molar-refractivity contribution in [1.29, 1.82) is 0 Å². The SMILES string of the molecule is COc1ccc(C(O)C2(C)CCCS2)cc1F. The summed E-state index contributed by atoms with van der Waals surface area (Å²) in [5.41, 5.74) is 0.625. The largest absolute Gasteiger partial charge is 0.494 e. The molecule has 0 saturated carbocycles. The van der Waals surface area contributed by atoms with Gasteiger partial charge in [-0.05, 0) is 43.2 Å². The summed E-state index contributed by atoms with van der Waals surface area (Å²) in [6.07, 6.45) is 1.44. The lowest BCUT2D eigenvalue weighted by atomic mass is 9.93. The molecule has 2 nitrogen and oxygen atoms in total. The number of aliphatic hydroxyl groups is 1. The molecule has 1 saturated heterocycles. The molecule has 1 aromatic rings. The van der Waals surface area contributed by atoms with Crippen LogP contribution < -0.4 is 4.74 Å². The first-order valence-corrected chi connectivity index (χ1v) is 6.71. The van der Waals surface area contributed by atoms with Crippen LogP contribution in [0.15, 0.2) is 18.2 Å². The van der Waals surface area contributed by atoms with Crippen molar-refractivity contribution in [1.82, 2.24) is 0 Å². The zero-order valence-corrected chi connectivity index (χ0v) is 10.9. The Kier molecular flexibility index (Phi) is 3.64. The number of thioether (sulfide) groups is 1. The van der Waals surface area contributed by atoms with Gasteiger partial charge in [-0.25, -0.2) is 4.39 Å². The number of ether oxygens (including phenoxy) is 1. The smallest absolute Gasteiger partial charge is 0.165 e. The van der Waals surface area contributed by atoms with Crippen molar-refractivity contribution in [2.24, 2.45) is 0 Å². The summed E-state index contributed by atoms with van der Waals surface area (Å²) in [5.74, 6) is 0.854. The Bertz CT molecular complexity index is 402. The number of rotatable bonds is 3. The van der Waals surface area contributed by atoms with E-state index in [9.17, 15) is 9.50 Å². The van der Waals surface area contributed by atoms with Gasteiger partial charge in [-0.2, -0.15) is 11.8 Å². The molecule has 2 atom stereocenters. The minimum Gasteiger partial charge on any atom is -0.494 e. The van der Waals surface area contributed by atoms with Crippen LogP contribution >= 0.6 is 11.8 Å². The van der Waals surface area contributed by atoms with Crippen molar-refractivity contribution in [2.75, 3.05) is 12.9 Å². The van der Waals surface area contributed by atoms with E-state index < -0.39 is 11.9 Å². The van der Waals surface area contributed by atoms with Gasteiger partial charge >= 0.3 is 0 Å². The van der Waals surface area contributed by atoms with Crippen molar-refractivity contribution in [3.8, 4) is 5.75 Å². The van der Waals surface area contributed by atoms with Crippen LogP contribution in [0, 0.1) is 5.82 Å². The summed E-state index contributed by atoms with van der Waals surface area (Å²) in [5, 5.41) is 10.3. The lowest BCUT2D eigenvalue weighted by Crippen LogP contribution is -2.26. The van der Waals surface area contributed by atoms with E-state index in [0.717, 1.165) is 18.6 Å². The second-order valence-electron chi connectivity index (χ2n) is 4.56. The molecule has 17 heavy (non-hydrogen) atoms. The fraction of sp³-hybridized carbons (Fsp3) is 0.538. The molecule has 1 heterocycles. The molecule has 1 fully saturated rings. The number of halogens is 1. The van der Waals surface area contributed by atoms with Gasteiger partial charge in [-0.1, -0.05) is 6.07 Å². The van der Waals surface area contributed by atoms with E-state index in [2.05, 4.69) is 0 Å². The Hall–Kier alpha value is -0.740. The summed E-state index contributed by atoms with van der Waals surface area (Å²) in [7, 11) is 1.43. The van der Waals surface area contributed by atoms with Crippen LogP contribution in [-0.2, 0) is 0 Å². The van der Waals surface area contributed by atoms with Gasteiger partial charge < -0.3 is 9.84 Å². The van der Waals surface area contributed by atoms with Crippen LogP contribution in [0.25, 0.3) is 0 Å². The molecule has 0 spiro atoms. The zero-order valence-electron chi connectivity index (χ0n) is 10.1. The first-order chi connectivity index (χ1) is 8.07. The van der Waals surface area contributed by atoms with Gasteiger partial charge in [0.25, 0.3) is 0 Å². The van der Waals surface area contributed by atoms with Crippen LogP contribution in [0.4, 0.5) is 4.39 Å². The van der Waals surface area contributed by atoms with Gasteiger partial charge in [-0.3, -0.25) is 0 Å². The molecular formula is C13H17FO2S. The van der Waals surface area contributed by atoms with E-state index >= 15 is 0 Å². The predicted octanol–water partition coefficient (Wildman–Crippen LogP) is 3.15. The molecule has 0 bridgehead atoms. The van der Waals surface area contributed by atoms with Crippen molar-refractivity contribution in [3.63, 3.8) is 0 Å². The monoisotopic (exact) mass is 256 g/mol. The highest BCUT2D eigenvalue weighted by Gasteiger charge is 2.37. The highest BCUT2D eigenvalue weighted by molar-refractivity contribution is 8.00.